The Morgan fingerprint density at radius 2 is 1.36 bits per heavy atom. The van der Waals surface area contributed by atoms with Crippen LogP contribution in [-0.4, -0.2) is 15.7 Å². The number of fused-ring (bicyclic) bond motifs is 7. The highest BCUT2D eigenvalue weighted by Crippen LogP contribution is 2.34. The van der Waals surface area contributed by atoms with Crippen molar-refractivity contribution in [2.75, 3.05) is 0 Å². The zero-order valence-corrected chi connectivity index (χ0v) is 17.2. The van der Waals surface area contributed by atoms with Crippen LogP contribution in [-0.2, 0) is 0 Å². The van der Waals surface area contributed by atoms with Gasteiger partial charge in [-0.25, -0.2) is 0 Å². The summed E-state index contributed by atoms with van der Waals surface area (Å²) in [6.45, 7) is 8.89. The van der Waals surface area contributed by atoms with Crippen molar-refractivity contribution in [1.82, 2.24) is 15.3 Å². The molecule has 0 spiro atoms. The molecule has 2 aromatic heterocycles. The molecule has 0 aliphatic carbocycles. The molecule has 1 atom stereocenters. The monoisotopic (exact) mass is 372 g/mol. The highest BCUT2D eigenvalue weighted by atomic mass is 14.9. The topological polar surface area (TPSA) is 56.0 Å². The lowest BCUT2D eigenvalue weighted by Crippen LogP contribution is -2.10. The Hall–Kier alpha value is -2.75. The number of hydrogen-bond acceptors (Lipinski definition) is 2. The summed E-state index contributed by atoms with van der Waals surface area (Å²) in [5, 5.41) is 3.71. The summed E-state index contributed by atoms with van der Waals surface area (Å²) in [6.07, 6.45) is 4.19. The zero-order chi connectivity index (χ0) is 19.4. The fraction of sp³-hybridized carbons (Fsp3) is 0.375. The molecule has 0 radical (unpaired) electrons. The van der Waals surface area contributed by atoms with Crippen molar-refractivity contribution in [1.29, 1.82) is 0 Å². The van der Waals surface area contributed by atoms with E-state index in [4.69, 9.17) is 4.99 Å². The number of aromatic amines is 2. The van der Waals surface area contributed by atoms with E-state index in [2.05, 4.69) is 67.2 Å². The average molecular weight is 373 g/mol. The average Bonchev–Trinajstić information content (AvgIpc) is 3.49. The maximum absolute atomic E-state index is 5.04. The van der Waals surface area contributed by atoms with E-state index < -0.39 is 0 Å². The van der Waals surface area contributed by atoms with Crippen molar-refractivity contribution < 1.29 is 0 Å². The molecule has 2 aromatic rings. The van der Waals surface area contributed by atoms with Crippen LogP contribution in [0.4, 0.5) is 0 Å². The maximum atomic E-state index is 5.04. The van der Waals surface area contributed by atoms with Gasteiger partial charge in [0.15, 0.2) is 0 Å². The second kappa shape index (κ2) is 6.40. The van der Waals surface area contributed by atoms with E-state index in [1.54, 1.807) is 0 Å². The van der Waals surface area contributed by atoms with Gasteiger partial charge in [-0.1, -0.05) is 6.92 Å². The largest absolute Gasteiger partial charge is 0.362 e. The molecule has 3 aliphatic rings. The Bertz CT molecular complexity index is 1080. The van der Waals surface area contributed by atoms with Crippen LogP contribution in [0.25, 0.3) is 11.1 Å². The van der Waals surface area contributed by atoms with Gasteiger partial charge in [-0.05, 0) is 87.4 Å². The normalized spacial score (nSPS) is 22.1. The number of aromatic nitrogens is 2. The third-order valence-electron chi connectivity index (χ3n) is 6.72. The number of aliphatic imine (C=N–C) groups is 1. The molecule has 1 unspecified atom stereocenters. The third-order valence-corrected chi connectivity index (χ3v) is 6.72. The first-order valence-corrected chi connectivity index (χ1v) is 10.3. The number of H-pyrrole nitrogens is 2. The number of rotatable bonds is 0. The standard InChI is InChI=1S/C24H28N4/c1-13-17-5-7-19(25-17)14(2)21-9-11-23(27-21)16(4)24-12-10-22(28-24)15(3)20-8-6-18(13)26-20/h5-8,13,25-27H,9-12H2,1-4H3. The summed E-state index contributed by atoms with van der Waals surface area (Å²) < 4.78 is 0. The van der Waals surface area contributed by atoms with Crippen LogP contribution in [0.5, 0.6) is 0 Å². The van der Waals surface area contributed by atoms with E-state index in [9.17, 15) is 0 Å². The molecule has 0 aromatic carbocycles. The minimum atomic E-state index is 0.294. The van der Waals surface area contributed by atoms with Crippen LogP contribution in [0.3, 0.4) is 0 Å². The van der Waals surface area contributed by atoms with Crippen molar-refractivity contribution in [3.05, 3.63) is 69.7 Å². The summed E-state index contributed by atoms with van der Waals surface area (Å²) in [5.74, 6) is 0.294. The van der Waals surface area contributed by atoms with Crippen molar-refractivity contribution in [3.8, 4) is 0 Å². The fourth-order valence-corrected chi connectivity index (χ4v) is 4.60. The van der Waals surface area contributed by atoms with Crippen molar-refractivity contribution in [2.24, 2.45) is 4.99 Å². The van der Waals surface area contributed by atoms with Crippen molar-refractivity contribution in [2.45, 2.75) is 59.3 Å². The van der Waals surface area contributed by atoms with Crippen LogP contribution in [0.1, 0.15) is 82.1 Å². The van der Waals surface area contributed by atoms with Crippen molar-refractivity contribution in [3.63, 3.8) is 0 Å². The molecule has 0 saturated carbocycles. The molecule has 4 heteroatoms. The number of allylic oxidation sites excluding steroid dienone is 6. The van der Waals surface area contributed by atoms with Crippen LogP contribution in [0, 0.1) is 0 Å². The van der Waals surface area contributed by atoms with E-state index in [1.807, 2.05) is 0 Å². The van der Waals surface area contributed by atoms with Gasteiger partial charge in [-0.15, -0.1) is 0 Å². The molecule has 5 rings (SSSR count). The molecule has 28 heavy (non-hydrogen) atoms. The first kappa shape index (κ1) is 17.4. The molecule has 0 amide bonds. The van der Waals surface area contributed by atoms with Gasteiger partial charge in [0.05, 0.1) is 0 Å². The predicted octanol–water partition coefficient (Wildman–Crippen LogP) is 5.86. The van der Waals surface area contributed by atoms with Gasteiger partial charge in [-0.3, -0.25) is 4.99 Å². The molecule has 144 valence electrons. The minimum absolute atomic E-state index is 0.294. The minimum Gasteiger partial charge on any atom is -0.362 e. The first-order chi connectivity index (χ1) is 13.5. The lowest BCUT2D eigenvalue weighted by Gasteiger charge is -2.11. The maximum Gasteiger partial charge on any atom is 0.0460 e. The van der Waals surface area contributed by atoms with Gasteiger partial charge >= 0.3 is 0 Å². The third kappa shape index (κ3) is 2.70. The van der Waals surface area contributed by atoms with E-state index in [0.717, 1.165) is 25.7 Å². The molecule has 8 bridgehead atoms. The van der Waals surface area contributed by atoms with Crippen LogP contribution >= 0.6 is 0 Å². The Morgan fingerprint density at radius 3 is 2.04 bits per heavy atom. The highest BCUT2D eigenvalue weighted by molar-refractivity contribution is 6.03. The molecular weight excluding hydrogens is 344 g/mol. The Morgan fingerprint density at radius 1 is 0.750 bits per heavy atom. The van der Waals surface area contributed by atoms with Crippen LogP contribution in [0.2, 0.25) is 0 Å². The van der Waals surface area contributed by atoms with Gasteiger partial charge < -0.3 is 15.3 Å². The number of nitrogens with zero attached hydrogens (tertiary/aromatic N) is 1. The first-order valence-electron chi connectivity index (χ1n) is 10.3. The molecule has 3 aliphatic heterocycles. The SMILES string of the molecule is CC1=C2CCC(=C(C)c3ccc([nH]3)C(C)c3ccc([nH]3)C(C)=C3CCC1=N3)N2. The Kier molecular flexibility index (Phi) is 3.97. The lowest BCUT2D eigenvalue weighted by atomic mass is 10.1. The van der Waals surface area contributed by atoms with Crippen LogP contribution < -0.4 is 5.32 Å². The van der Waals surface area contributed by atoms with E-state index in [0.29, 0.717) is 5.92 Å². The zero-order valence-electron chi connectivity index (χ0n) is 17.2. The van der Waals surface area contributed by atoms with Crippen LogP contribution in [0.15, 0.2) is 51.9 Å². The summed E-state index contributed by atoms with van der Waals surface area (Å²) in [4.78, 5) is 12.3. The number of hydrogen-bond donors (Lipinski definition) is 3. The van der Waals surface area contributed by atoms with Gasteiger partial charge in [0.25, 0.3) is 0 Å². The smallest absolute Gasteiger partial charge is 0.0460 e. The van der Waals surface area contributed by atoms with E-state index >= 15 is 0 Å². The lowest BCUT2D eigenvalue weighted by molar-refractivity contribution is 0.847. The summed E-state index contributed by atoms with van der Waals surface area (Å²) in [5.41, 5.74) is 13.9. The van der Waals surface area contributed by atoms with Gasteiger partial charge in [0.2, 0.25) is 0 Å². The fourth-order valence-electron chi connectivity index (χ4n) is 4.60. The second-order valence-corrected chi connectivity index (χ2v) is 8.34. The predicted molar refractivity (Wildman–Crippen MR) is 116 cm³/mol. The van der Waals surface area contributed by atoms with E-state index in [1.165, 1.54) is 62.3 Å². The molecular formula is C24H28N4. The number of nitrogens with one attached hydrogen (secondary N) is 3. The molecule has 5 heterocycles. The van der Waals surface area contributed by atoms with E-state index in [-0.39, 0.29) is 0 Å². The summed E-state index contributed by atoms with van der Waals surface area (Å²) in [6, 6.07) is 8.85. The van der Waals surface area contributed by atoms with Gasteiger partial charge in [0, 0.05) is 51.5 Å². The second-order valence-electron chi connectivity index (χ2n) is 8.34. The molecule has 1 fully saturated rings. The molecule has 3 N–H and O–H groups in total. The van der Waals surface area contributed by atoms with Gasteiger partial charge in [-0.2, -0.15) is 0 Å². The Labute approximate surface area is 166 Å². The summed E-state index contributed by atoms with van der Waals surface area (Å²) in [7, 11) is 0. The molecule has 4 nitrogen and oxygen atoms in total. The summed E-state index contributed by atoms with van der Waals surface area (Å²) >= 11 is 0. The Balaban J connectivity index is 1.69. The quantitative estimate of drug-likeness (QED) is 0.533. The molecule has 1 saturated heterocycles. The van der Waals surface area contributed by atoms with Gasteiger partial charge in [0.1, 0.15) is 0 Å². The highest BCUT2D eigenvalue weighted by Gasteiger charge is 2.23. The van der Waals surface area contributed by atoms with Crippen molar-refractivity contribution >= 4 is 16.9 Å².